The predicted molar refractivity (Wildman–Crippen MR) is 111 cm³/mol. The second kappa shape index (κ2) is 8.54. The Bertz CT molecular complexity index is 881. The first-order valence-electron chi connectivity index (χ1n) is 8.90. The molecule has 0 unspecified atom stereocenters. The van der Waals surface area contributed by atoms with Gasteiger partial charge in [0.2, 0.25) is 11.0 Å². The molecule has 1 aliphatic carbocycles. The van der Waals surface area contributed by atoms with Crippen molar-refractivity contribution in [3.63, 3.8) is 0 Å². The van der Waals surface area contributed by atoms with Gasteiger partial charge in [-0.15, -0.1) is 10.2 Å². The van der Waals surface area contributed by atoms with E-state index in [1.807, 2.05) is 65.6 Å². The summed E-state index contributed by atoms with van der Waals surface area (Å²) in [6.45, 7) is 0.550. The molecule has 0 spiro atoms. The van der Waals surface area contributed by atoms with Gasteiger partial charge in [-0.25, -0.2) is 0 Å². The number of para-hydroxylation sites is 1. The predicted octanol–water partition coefficient (Wildman–Crippen LogP) is 4.44. The minimum atomic E-state index is 0.0574. The van der Waals surface area contributed by atoms with Crippen molar-refractivity contribution in [2.24, 2.45) is 0 Å². The molecule has 7 heteroatoms. The number of carbonyl (C=O) groups is 1. The molecule has 0 saturated heterocycles. The molecular formula is C20H20N4OS2. The van der Waals surface area contributed by atoms with E-state index in [9.17, 15) is 4.79 Å². The van der Waals surface area contributed by atoms with Crippen LogP contribution in [0.15, 0.2) is 65.0 Å². The minimum Gasteiger partial charge on any atom is -0.357 e. The van der Waals surface area contributed by atoms with Crippen LogP contribution in [0, 0.1) is 0 Å². The molecule has 2 aromatic carbocycles. The number of aromatic nitrogens is 2. The van der Waals surface area contributed by atoms with Crippen LogP contribution in [0.1, 0.15) is 18.4 Å². The molecule has 3 aromatic rings. The van der Waals surface area contributed by atoms with Crippen molar-refractivity contribution < 1.29 is 4.79 Å². The topological polar surface area (TPSA) is 58.1 Å². The largest absolute Gasteiger partial charge is 0.357 e. The van der Waals surface area contributed by atoms with Crippen LogP contribution in [0.25, 0.3) is 0 Å². The zero-order valence-electron chi connectivity index (χ0n) is 14.7. The summed E-state index contributed by atoms with van der Waals surface area (Å²) in [6, 6.07) is 20.4. The number of anilines is 2. The van der Waals surface area contributed by atoms with Gasteiger partial charge in [0.25, 0.3) is 0 Å². The Hall–Kier alpha value is -2.38. The maximum absolute atomic E-state index is 13.0. The summed E-state index contributed by atoms with van der Waals surface area (Å²) >= 11 is 2.96. The third-order valence-electron chi connectivity index (χ3n) is 4.18. The third kappa shape index (κ3) is 5.08. The Morgan fingerprint density at radius 3 is 2.48 bits per heavy atom. The standard InChI is InChI=1S/C20H20N4OS2/c25-18(14-26-20-23-22-19(27-20)21-16-11-12-16)24(17-9-5-2-6-10-17)13-15-7-3-1-4-8-15/h1-10,16H,11-14H2,(H,21,22). The lowest BCUT2D eigenvalue weighted by Crippen LogP contribution is -2.31. The lowest BCUT2D eigenvalue weighted by molar-refractivity contribution is -0.116. The third-order valence-corrected chi connectivity index (χ3v) is 6.16. The second-order valence-electron chi connectivity index (χ2n) is 6.38. The molecule has 0 bridgehead atoms. The molecule has 27 heavy (non-hydrogen) atoms. The van der Waals surface area contributed by atoms with Crippen LogP contribution in [0.2, 0.25) is 0 Å². The van der Waals surface area contributed by atoms with Crippen molar-refractivity contribution in [1.82, 2.24) is 10.2 Å². The number of amides is 1. The molecule has 1 amide bonds. The lowest BCUT2D eigenvalue weighted by Gasteiger charge is -2.22. The monoisotopic (exact) mass is 396 g/mol. The van der Waals surface area contributed by atoms with Crippen molar-refractivity contribution in [2.45, 2.75) is 29.8 Å². The summed E-state index contributed by atoms with van der Waals surface area (Å²) in [7, 11) is 0. The molecule has 1 heterocycles. The van der Waals surface area contributed by atoms with Crippen molar-refractivity contribution in [3.8, 4) is 0 Å². The number of nitrogens with one attached hydrogen (secondary N) is 1. The molecule has 1 aromatic heterocycles. The molecule has 5 nitrogen and oxygen atoms in total. The van der Waals surface area contributed by atoms with Gasteiger partial charge in [-0.3, -0.25) is 4.79 Å². The molecule has 0 atom stereocenters. The summed E-state index contributed by atoms with van der Waals surface area (Å²) in [5, 5.41) is 12.5. The fraction of sp³-hybridized carbons (Fsp3) is 0.250. The minimum absolute atomic E-state index is 0.0574. The highest BCUT2D eigenvalue weighted by atomic mass is 32.2. The van der Waals surface area contributed by atoms with E-state index < -0.39 is 0 Å². The molecular weight excluding hydrogens is 376 g/mol. The Labute approximate surface area is 166 Å². The summed E-state index contributed by atoms with van der Waals surface area (Å²) in [4.78, 5) is 14.8. The zero-order valence-corrected chi connectivity index (χ0v) is 16.4. The fourth-order valence-corrected chi connectivity index (χ4v) is 4.33. The Morgan fingerprint density at radius 1 is 1.07 bits per heavy atom. The van der Waals surface area contributed by atoms with Crippen LogP contribution in [0.5, 0.6) is 0 Å². The van der Waals surface area contributed by atoms with E-state index in [0.29, 0.717) is 18.3 Å². The number of nitrogens with zero attached hydrogens (tertiary/aromatic N) is 3. The van der Waals surface area contributed by atoms with Crippen molar-refractivity contribution >= 4 is 39.8 Å². The van der Waals surface area contributed by atoms with Crippen LogP contribution in [0.4, 0.5) is 10.8 Å². The van der Waals surface area contributed by atoms with Crippen molar-refractivity contribution in [1.29, 1.82) is 0 Å². The summed E-state index contributed by atoms with van der Waals surface area (Å²) in [6.07, 6.45) is 2.40. The first-order chi connectivity index (χ1) is 13.3. The molecule has 0 aliphatic heterocycles. The summed E-state index contributed by atoms with van der Waals surface area (Å²) in [5.41, 5.74) is 2.01. The van der Waals surface area contributed by atoms with E-state index in [4.69, 9.17) is 0 Å². The number of thioether (sulfide) groups is 1. The Balaban J connectivity index is 1.42. The fourth-order valence-electron chi connectivity index (χ4n) is 2.63. The van der Waals surface area contributed by atoms with Crippen LogP contribution in [-0.4, -0.2) is 27.9 Å². The number of hydrogen-bond donors (Lipinski definition) is 1. The molecule has 4 rings (SSSR count). The highest BCUT2D eigenvalue weighted by Crippen LogP contribution is 2.30. The van der Waals surface area contributed by atoms with Crippen LogP contribution in [-0.2, 0) is 11.3 Å². The normalized spacial score (nSPS) is 13.3. The van der Waals surface area contributed by atoms with Crippen LogP contribution < -0.4 is 10.2 Å². The summed E-state index contributed by atoms with van der Waals surface area (Å²) in [5.74, 6) is 0.390. The van der Waals surface area contributed by atoms with E-state index in [-0.39, 0.29) is 5.91 Å². The van der Waals surface area contributed by atoms with Gasteiger partial charge in [0.05, 0.1) is 12.3 Å². The van der Waals surface area contributed by atoms with Gasteiger partial charge in [-0.1, -0.05) is 71.6 Å². The van der Waals surface area contributed by atoms with Gasteiger partial charge in [0, 0.05) is 11.7 Å². The summed E-state index contributed by atoms with van der Waals surface area (Å²) < 4.78 is 0.819. The highest BCUT2D eigenvalue weighted by molar-refractivity contribution is 8.01. The Kier molecular flexibility index (Phi) is 5.69. The lowest BCUT2D eigenvalue weighted by atomic mass is 10.2. The maximum Gasteiger partial charge on any atom is 0.237 e. The Morgan fingerprint density at radius 2 is 1.78 bits per heavy atom. The SMILES string of the molecule is O=C(CSc1nnc(NC2CC2)s1)N(Cc1ccccc1)c1ccccc1. The number of carbonyl (C=O) groups excluding carboxylic acids is 1. The van der Waals surface area contributed by atoms with E-state index in [0.717, 1.165) is 20.7 Å². The van der Waals surface area contributed by atoms with Gasteiger partial charge >= 0.3 is 0 Å². The van der Waals surface area contributed by atoms with Gasteiger partial charge in [0.1, 0.15) is 0 Å². The van der Waals surface area contributed by atoms with E-state index >= 15 is 0 Å². The maximum atomic E-state index is 13.0. The molecule has 1 saturated carbocycles. The first-order valence-corrected chi connectivity index (χ1v) is 10.7. The molecule has 1 aliphatic rings. The molecule has 1 fully saturated rings. The van der Waals surface area contributed by atoms with Gasteiger partial charge in [0.15, 0.2) is 4.34 Å². The average Bonchev–Trinajstić information content (AvgIpc) is 3.41. The number of hydrogen-bond acceptors (Lipinski definition) is 6. The second-order valence-corrected chi connectivity index (χ2v) is 8.58. The molecule has 138 valence electrons. The van der Waals surface area contributed by atoms with Crippen LogP contribution >= 0.6 is 23.1 Å². The van der Waals surface area contributed by atoms with E-state index in [1.54, 1.807) is 0 Å². The van der Waals surface area contributed by atoms with E-state index in [1.165, 1.54) is 35.9 Å². The van der Waals surface area contributed by atoms with Gasteiger partial charge < -0.3 is 10.2 Å². The van der Waals surface area contributed by atoms with Gasteiger partial charge in [-0.05, 0) is 30.5 Å². The van der Waals surface area contributed by atoms with Gasteiger partial charge in [-0.2, -0.15) is 0 Å². The van der Waals surface area contributed by atoms with E-state index in [2.05, 4.69) is 15.5 Å². The molecule has 0 radical (unpaired) electrons. The first kappa shape index (κ1) is 18.0. The number of benzene rings is 2. The smallest absolute Gasteiger partial charge is 0.237 e. The zero-order chi connectivity index (χ0) is 18.5. The highest BCUT2D eigenvalue weighted by Gasteiger charge is 2.23. The van der Waals surface area contributed by atoms with Crippen molar-refractivity contribution in [2.75, 3.05) is 16.0 Å². The quantitative estimate of drug-likeness (QED) is 0.571. The van der Waals surface area contributed by atoms with Crippen LogP contribution in [0.3, 0.4) is 0 Å². The number of rotatable bonds is 8. The average molecular weight is 397 g/mol. The van der Waals surface area contributed by atoms with Crippen molar-refractivity contribution in [3.05, 3.63) is 66.2 Å². The molecule has 1 N–H and O–H groups in total.